The number of carbonyl (C=O) groups is 1. The van der Waals surface area contributed by atoms with Crippen molar-refractivity contribution in [2.24, 2.45) is 0 Å². The number of phenolic OH excluding ortho intramolecular Hbond substituents is 1. The molecule has 6 nitrogen and oxygen atoms in total. The normalized spacial score (nSPS) is 10.4. The lowest BCUT2D eigenvalue weighted by atomic mass is 9.99. The number of hydrogen-bond donors (Lipinski definition) is 1. The van der Waals surface area contributed by atoms with Gasteiger partial charge in [-0.1, -0.05) is 19.9 Å². The molecule has 0 aromatic heterocycles. The molecule has 0 aliphatic heterocycles. The molecule has 30 heavy (non-hydrogen) atoms. The summed E-state index contributed by atoms with van der Waals surface area (Å²) in [7, 11) is 1.55. The number of aromatic hydroxyl groups is 1. The fourth-order valence-electron chi connectivity index (χ4n) is 3.03. The number of ether oxygens (including phenoxy) is 4. The Morgan fingerprint density at radius 3 is 2.37 bits per heavy atom. The number of phenols is 1. The molecule has 6 heteroatoms. The Balaban J connectivity index is 1.82. The monoisotopic (exact) mass is 414 g/mol. The molecular formula is C24H30O6. The van der Waals surface area contributed by atoms with E-state index in [9.17, 15) is 9.90 Å². The van der Waals surface area contributed by atoms with Crippen molar-refractivity contribution in [2.45, 2.75) is 39.5 Å². The molecule has 2 aromatic carbocycles. The van der Waals surface area contributed by atoms with Crippen LogP contribution in [0.4, 0.5) is 0 Å². The van der Waals surface area contributed by atoms with Crippen LogP contribution >= 0.6 is 0 Å². The van der Waals surface area contributed by atoms with E-state index in [1.807, 2.05) is 19.1 Å². The first-order chi connectivity index (χ1) is 14.5. The summed E-state index contributed by atoms with van der Waals surface area (Å²) in [5.41, 5.74) is 2.43. The third kappa shape index (κ3) is 6.17. The largest absolute Gasteiger partial charge is 0.507 e. The summed E-state index contributed by atoms with van der Waals surface area (Å²) in [6.07, 6.45) is 3.37. The van der Waals surface area contributed by atoms with Gasteiger partial charge in [-0.25, -0.2) is 0 Å². The van der Waals surface area contributed by atoms with Crippen molar-refractivity contribution in [1.29, 1.82) is 0 Å². The highest BCUT2D eigenvalue weighted by Gasteiger charge is 2.12. The molecule has 0 amide bonds. The molecule has 0 fully saturated rings. The minimum absolute atomic E-state index is 0.235. The molecule has 0 saturated carbocycles. The van der Waals surface area contributed by atoms with E-state index >= 15 is 0 Å². The van der Waals surface area contributed by atoms with Gasteiger partial charge in [0.15, 0.2) is 11.5 Å². The first kappa shape index (κ1) is 23.1. The van der Waals surface area contributed by atoms with E-state index in [1.165, 1.54) is 0 Å². The highest BCUT2D eigenvalue weighted by Crippen LogP contribution is 2.35. The van der Waals surface area contributed by atoms with Crippen LogP contribution in [0.25, 0.3) is 5.57 Å². The third-order valence-corrected chi connectivity index (χ3v) is 4.69. The summed E-state index contributed by atoms with van der Waals surface area (Å²) in [4.78, 5) is 10.5. The van der Waals surface area contributed by atoms with Gasteiger partial charge in [-0.2, -0.15) is 0 Å². The van der Waals surface area contributed by atoms with Gasteiger partial charge in [-0.05, 0) is 56.0 Å². The molecule has 0 unspecified atom stereocenters. The van der Waals surface area contributed by atoms with Gasteiger partial charge in [0.2, 0.25) is 0 Å². The molecule has 1 N–H and O–H groups in total. The maximum atomic E-state index is 10.5. The Labute approximate surface area is 178 Å². The van der Waals surface area contributed by atoms with Gasteiger partial charge in [-0.15, -0.1) is 0 Å². The molecule has 0 aliphatic rings. The molecule has 0 aliphatic carbocycles. The van der Waals surface area contributed by atoms with E-state index in [0.29, 0.717) is 42.7 Å². The van der Waals surface area contributed by atoms with Gasteiger partial charge in [0, 0.05) is 17.2 Å². The van der Waals surface area contributed by atoms with E-state index in [0.717, 1.165) is 42.4 Å². The Hall–Kier alpha value is -3.15. The molecule has 2 rings (SSSR count). The van der Waals surface area contributed by atoms with Crippen molar-refractivity contribution in [1.82, 2.24) is 0 Å². The number of allylic oxidation sites excluding steroid dienone is 1. The summed E-state index contributed by atoms with van der Waals surface area (Å²) in [5.74, 6) is 2.38. The van der Waals surface area contributed by atoms with Crippen molar-refractivity contribution in [3.63, 3.8) is 0 Å². The van der Waals surface area contributed by atoms with Gasteiger partial charge < -0.3 is 24.1 Å². The quantitative estimate of drug-likeness (QED) is 0.354. The minimum Gasteiger partial charge on any atom is -0.507 e. The lowest BCUT2D eigenvalue weighted by molar-refractivity contribution is -0.120. The molecule has 0 heterocycles. The van der Waals surface area contributed by atoms with Crippen LogP contribution in [0.15, 0.2) is 36.9 Å². The van der Waals surface area contributed by atoms with Crippen LogP contribution in [0.2, 0.25) is 0 Å². The van der Waals surface area contributed by atoms with Gasteiger partial charge in [-0.3, -0.25) is 4.79 Å². The van der Waals surface area contributed by atoms with Gasteiger partial charge in [0.05, 0.1) is 20.3 Å². The van der Waals surface area contributed by atoms with Crippen molar-refractivity contribution < 1.29 is 28.8 Å². The van der Waals surface area contributed by atoms with Gasteiger partial charge in [0.25, 0.3) is 6.47 Å². The summed E-state index contributed by atoms with van der Waals surface area (Å²) >= 11 is 0. The average Bonchev–Trinajstić information content (AvgIpc) is 2.74. The van der Waals surface area contributed by atoms with E-state index in [1.54, 1.807) is 25.3 Å². The van der Waals surface area contributed by atoms with Gasteiger partial charge in [0.1, 0.15) is 17.2 Å². The van der Waals surface area contributed by atoms with Crippen LogP contribution in [-0.4, -0.2) is 31.9 Å². The zero-order valence-electron chi connectivity index (χ0n) is 17.9. The van der Waals surface area contributed by atoms with Crippen molar-refractivity contribution in [3.8, 4) is 28.7 Å². The average molecular weight is 414 g/mol. The second kappa shape index (κ2) is 11.8. The Morgan fingerprint density at radius 1 is 1.07 bits per heavy atom. The zero-order valence-corrected chi connectivity index (χ0v) is 17.9. The smallest absolute Gasteiger partial charge is 0.298 e. The van der Waals surface area contributed by atoms with E-state index in [4.69, 9.17) is 18.9 Å². The predicted molar refractivity (Wildman–Crippen MR) is 117 cm³/mol. The number of methoxy groups -OCH3 is 1. The van der Waals surface area contributed by atoms with Crippen LogP contribution in [0.5, 0.6) is 28.7 Å². The highest BCUT2D eigenvalue weighted by molar-refractivity contribution is 5.71. The van der Waals surface area contributed by atoms with Crippen LogP contribution in [-0.2, 0) is 4.79 Å². The van der Waals surface area contributed by atoms with Crippen molar-refractivity contribution in [3.05, 3.63) is 48.0 Å². The molecule has 0 bridgehead atoms. The standard InChI is InChI=1S/C24H30O6/c1-5-8-17(2)20-10-12-21(18(3)24(20)26)28-13-6-7-14-29-23-15-19(30-16-25)9-11-22(23)27-4/h9-12,15-16,26H,2,5-8,13-14H2,1,3-4H3. The fourth-order valence-corrected chi connectivity index (χ4v) is 3.03. The second-order valence-electron chi connectivity index (χ2n) is 6.87. The number of hydrogen-bond acceptors (Lipinski definition) is 6. The summed E-state index contributed by atoms with van der Waals surface area (Å²) in [6.45, 7) is 9.31. The van der Waals surface area contributed by atoms with Crippen LogP contribution in [0.1, 0.15) is 43.7 Å². The Morgan fingerprint density at radius 2 is 1.73 bits per heavy atom. The number of carbonyl (C=O) groups excluding carboxylic acids is 1. The SMILES string of the molecule is C=C(CCC)c1ccc(OCCCCOc2cc(OC=O)ccc2OC)c(C)c1O. The lowest BCUT2D eigenvalue weighted by Crippen LogP contribution is -2.04. The Bertz CT molecular complexity index is 859. The van der Waals surface area contributed by atoms with Crippen LogP contribution in [0.3, 0.4) is 0 Å². The minimum atomic E-state index is 0.235. The van der Waals surface area contributed by atoms with Crippen LogP contribution < -0.4 is 18.9 Å². The first-order valence-corrected chi connectivity index (χ1v) is 10.1. The molecule has 0 spiro atoms. The molecular weight excluding hydrogens is 384 g/mol. The second-order valence-corrected chi connectivity index (χ2v) is 6.87. The zero-order chi connectivity index (χ0) is 21.9. The number of rotatable bonds is 13. The lowest BCUT2D eigenvalue weighted by Gasteiger charge is -2.15. The van der Waals surface area contributed by atoms with Crippen molar-refractivity contribution in [2.75, 3.05) is 20.3 Å². The maximum Gasteiger partial charge on any atom is 0.298 e. The van der Waals surface area contributed by atoms with E-state index in [2.05, 4.69) is 13.5 Å². The summed E-state index contributed by atoms with van der Waals surface area (Å²) in [6, 6.07) is 8.67. The fraction of sp³-hybridized carbons (Fsp3) is 0.375. The third-order valence-electron chi connectivity index (χ3n) is 4.69. The molecule has 0 saturated heterocycles. The molecule has 0 atom stereocenters. The first-order valence-electron chi connectivity index (χ1n) is 10.1. The number of unbranched alkanes of at least 4 members (excludes halogenated alkanes) is 1. The summed E-state index contributed by atoms with van der Waals surface area (Å²) < 4.78 is 21.7. The van der Waals surface area contributed by atoms with Crippen molar-refractivity contribution >= 4 is 12.0 Å². The molecule has 162 valence electrons. The van der Waals surface area contributed by atoms with E-state index in [-0.39, 0.29) is 5.75 Å². The predicted octanol–water partition coefficient (Wildman–Crippen LogP) is 5.30. The Kier molecular flexibility index (Phi) is 9.06. The van der Waals surface area contributed by atoms with Gasteiger partial charge >= 0.3 is 0 Å². The number of benzene rings is 2. The maximum absolute atomic E-state index is 10.5. The summed E-state index contributed by atoms with van der Waals surface area (Å²) in [5, 5.41) is 10.4. The molecule has 0 radical (unpaired) electrons. The van der Waals surface area contributed by atoms with E-state index < -0.39 is 0 Å². The topological polar surface area (TPSA) is 74.2 Å². The van der Waals surface area contributed by atoms with Crippen LogP contribution in [0, 0.1) is 6.92 Å². The highest BCUT2D eigenvalue weighted by atomic mass is 16.5. The molecule has 2 aromatic rings.